The van der Waals surface area contributed by atoms with Crippen molar-refractivity contribution in [3.8, 4) is 0 Å². The molecule has 8 nitrogen and oxygen atoms in total. The van der Waals surface area contributed by atoms with Crippen LogP contribution in [0.1, 0.15) is 394 Å². The van der Waals surface area contributed by atoms with Crippen LogP contribution in [0.25, 0.3) is 0 Å². The van der Waals surface area contributed by atoms with Gasteiger partial charge in [-0.15, -0.1) is 0 Å². The topological polar surface area (TPSA) is 98.8 Å². The van der Waals surface area contributed by atoms with Crippen LogP contribution >= 0.6 is 0 Å². The number of carbonyl (C=O) groups is 4. The predicted octanol–water partition coefficient (Wildman–Crippen LogP) is 23.4. The molecule has 2 N–H and O–H groups in total. The molecule has 0 aromatic rings. The van der Waals surface area contributed by atoms with Crippen LogP contribution in [0.15, 0.2) is 48.6 Å². The molecule has 8 heteroatoms. The Kier molecular flexibility index (Phi) is 68.3. The normalized spacial score (nSPS) is 11.8. The Balaban J connectivity index is 5.38. The molecule has 0 atom stereocenters. The quantitative estimate of drug-likeness (QED) is 0.0360. The number of nitrogens with one attached hydrogen (secondary N) is 2. The maximum atomic E-state index is 14.2. The summed E-state index contributed by atoms with van der Waals surface area (Å²) in [6.07, 6.45) is 84.6. The van der Waals surface area contributed by atoms with Crippen LogP contribution in [0.4, 0.5) is 0 Å². The van der Waals surface area contributed by atoms with E-state index in [4.69, 9.17) is 0 Å². The molecule has 0 aliphatic rings. The number of rotatable bonds is 69. The summed E-state index contributed by atoms with van der Waals surface area (Å²) in [4.78, 5) is 58.0. The van der Waals surface area contributed by atoms with Gasteiger partial charge in [0.15, 0.2) is 0 Å². The number of amides is 4. The molecule has 4 amide bonds. The summed E-state index contributed by atoms with van der Waals surface area (Å²) >= 11 is 0. The van der Waals surface area contributed by atoms with Crippen molar-refractivity contribution in [2.45, 2.75) is 394 Å². The lowest BCUT2D eigenvalue weighted by Crippen LogP contribution is -2.46. The Morgan fingerprint density at radius 3 is 0.674 bits per heavy atom. The van der Waals surface area contributed by atoms with Crippen LogP contribution in [-0.4, -0.2) is 66.3 Å². The van der Waals surface area contributed by atoms with E-state index in [1.807, 2.05) is 9.80 Å². The van der Waals surface area contributed by atoms with Crippen LogP contribution in [0.3, 0.4) is 0 Å². The molecule has 0 heterocycles. The van der Waals surface area contributed by atoms with E-state index >= 15 is 0 Å². The maximum absolute atomic E-state index is 14.2. The molecule has 0 saturated carbocycles. The van der Waals surface area contributed by atoms with Crippen molar-refractivity contribution < 1.29 is 19.2 Å². The SMILES string of the molecule is CCCCCCCC/C=C/CCCCCCCC(=O)NCCCN(CN(CCCNC(=O)CCCCCC/C=C/CCCCCCCC)C(=O)CCCCCCC/C=C/CCCCCCCC)C(=O)CCCCCCC/C=C/CCCCCCCC. The molecule has 0 fully saturated rings. The third kappa shape index (κ3) is 63.8. The van der Waals surface area contributed by atoms with Crippen LogP contribution in [-0.2, 0) is 19.2 Å². The van der Waals surface area contributed by atoms with E-state index < -0.39 is 0 Å². The highest BCUT2D eigenvalue weighted by Crippen LogP contribution is 2.17. The summed E-state index contributed by atoms with van der Waals surface area (Å²) in [7, 11) is 0. The molecule has 0 rings (SSSR count). The fraction of sp³-hybridized carbons (Fsp3) is 0.846. The zero-order valence-corrected chi connectivity index (χ0v) is 58.0. The van der Waals surface area contributed by atoms with Crippen LogP contribution in [0, 0.1) is 0 Å². The number of allylic oxidation sites excluding steroid dienone is 8. The summed E-state index contributed by atoms with van der Waals surface area (Å²) in [5.74, 6) is 0.373. The Morgan fingerprint density at radius 1 is 0.244 bits per heavy atom. The van der Waals surface area contributed by atoms with E-state index in [0.717, 1.165) is 96.3 Å². The lowest BCUT2D eigenvalue weighted by Gasteiger charge is -2.31. The Hall–Kier alpha value is -3.16. The highest BCUT2D eigenvalue weighted by atomic mass is 16.2. The molecule has 0 spiro atoms. The number of nitrogens with zero attached hydrogens (tertiary/aromatic N) is 2. The van der Waals surface area contributed by atoms with Crippen LogP contribution in [0.5, 0.6) is 0 Å². The fourth-order valence-electron chi connectivity index (χ4n) is 11.5. The Morgan fingerprint density at radius 2 is 0.442 bits per heavy atom. The van der Waals surface area contributed by atoms with Gasteiger partial charge < -0.3 is 20.4 Å². The second kappa shape index (κ2) is 70.9. The van der Waals surface area contributed by atoms with Crippen molar-refractivity contribution in [1.29, 1.82) is 0 Å². The average molecular weight is 1200 g/mol. The second-order valence-electron chi connectivity index (χ2n) is 25.8. The van der Waals surface area contributed by atoms with Gasteiger partial charge >= 0.3 is 0 Å². The molecule has 86 heavy (non-hydrogen) atoms. The number of unbranched alkanes of at least 4 members (excludes halogenated alkanes) is 43. The van der Waals surface area contributed by atoms with Gasteiger partial charge in [-0.2, -0.15) is 0 Å². The second-order valence-corrected chi connectivity index (χ2v) is 25.8. The zero-order chi connectivity index (χ0) is 62.4. The first-order valence-corrected chi connectivity index (χ1v) is 38.1. The van der Waals surface area contributed by atoms with Crippen molar-refractivity contribution in [1.82, 2.24) is 20.4 Å². The smallest absolute Gasteiger partial charge is 0.223 e. The van der Waals surface area contributed by atoms with Crippen molar-refractivity contribution >= 4 is 23.6 Å². The van der Waals surface area contributed by atoms with E-state index in [2.05, 4.69) is 86.9 Å². The number of hydrogen-bond acceptors (Lipinski definition) is 4. The highest BCUT2D eigenvalue weighted by Gasteiger charge is 2.21. The minimum absolute atomic E-state index is 0.0889. The van der Waals surface area contributed by atoms with Gasteiger partial charge in [-0.05, 0) is 141 Å². The monoisotopic (exact) mass is 1200 g/mol. The van der Waals surface area contributed by atoms with Crippen molar-refractivity contribution in [3.05, 3.63) is 48.6 Å². The van der Waals surface area contributed by atoms with Gasteiger partial charge in [0.1, 0.15) is 0 Å². The molecule has 0 aliphatic carbocycles. The van der Waals surface area contributed by atoms with Gasteiger partial charge in [0.25, 0.3) is 0 Å². The highest BCUT2D eigenvalue weighted by molar-refractivity contribution is 5.79. The fourth-order valence-corrected chi connectivity index (χ4v) is 11.5. The molecule has 0 bridgehead atoms. The molecule has 0 saturated heterocycles. The van der Waals surface area contributed by atoms with E-state index in [1.54, 1.807) is 0 Å². The summed E-state index contributed by atoms with van der Waals surface area (Å²) < 4.78 is 0. The standard InChI is InChI=1S/C78H146N4O4/c1-5-9-13-17-21-25-29-33-37-41-45-49-53-57-61-67-76(84)80-71-65-73-82(78(86)69-63-59-55-51-47-43-39-35-31-27-23-19-15-11-7-3)74-81(77(85)68-62-58-54-50-46-42-38-34-30-26-22-18-14-10-6-2)72-64-70-79-75(83)66-60-56-52-48-44-40-36-32-28-24-20-16-12-8-4/h33-40H,5-32,41-74H2,1-4H3,(H,79,83)(H,80,84)/b37-33+,38-34+,39-35+,40-36+. The first kappa shape index (κ1) is 82.8. The van der Waals surface area contributed by atoms with Gasteiger partial charge in [-0.3, -0.25) is 19.2 Å². The van der Waals surface area contributed by atoms with Gasteiger partial charge in [0.2, 0.25) is 23.6 Å². The summed E-state index contributed by atoms with van der Waals surface area (Å²) in [6, 6.07) is 0. The first-order chi connectivity index (χ1) is 42.4. The van der Waals surface area contributed by atoms with Crippen LogP contribution in [0.2, 0.25) is 0 Å². The molecule has 0 aromatic carbocycles. The minimum Gasteiger partial charge on any atom is -0.356 e. The number of carbonyl (C=O) groups excluding carboxylic acids is 4. The lowest BCUT2D eigenvalue weighted by molar-refractivity contribution is -0.140. The molecule has 502 valence electrons. The van der Waals surface area contributed by atoms with E-state index in [0.29, 0.717) is 64.7 Å². The third-order valence-electron chi connectivity index (χ3n) is 17.3. The molecule has 0 aliphatic heterocycles. The maximum Gasteiger partial charge on any atom is 0.223 e. The summed E-state index contributed by atoms with van der Waals surface area (Å²) in [5.41, 5.74) is 0. The van der Waals surface area contributed by atoms with E-state index in [-0.39, 0.29) is 30.3 Å². The van der Waals surface area contributed by atoms with Gasteiger partial charge in [0, 0.05) is 51.9 Å². The molecular weight excluding hydrogens is 1060 g/mol. The summed E-state index contributed by atoms with van der Waals surface area (Å²) in [5, 5.41) is 6.30. The number of hydrogen-bond donors (Lipinski definition) is 2. The van der Waals surface area contributed by atoms with E-state index in [9.17, 15) is 19.2 Å². The third-order valence-corrected chi connectivity index (χ3v) is 17.3. The van der Waals surface area contributed by atoms with Crippen molar-refractivity contribution in [2.24, 2.45) is 0 Å². The van der Waals surface area contributed by atoms with Gasteiger partial charge in [-0.1, -0.05) is 275 Å². The largest absolute Gasteiger partial charge is 0.356 e. The van der Waals surface area contributed by atoms with E-state index in [1.165, 1.54) is 231 Å². The molecule has 0 unspecified atom stereocenters. The zero-order valence-electron chi connectivity index (χ0n) is 58.0. The Bertz CT molecular complexity index is 1570. The average Bonchev–Trinajstić information content (AvgIpc) is 3.59. The van der Waals surface area contributed by atoms with Gasteiger partial charge in [-0.25, -0.2) is 0 Å². The van der Waals surface area contributed by atoms with Gasteiger partial charge in [0.05, 0.1) is 6.67 Å². The molecule has 0 radical (unpaired) electrons. The van der Waals surface area contributed by atoms with Crippen LogP contribution < -0.4 is 10.6 Å². The predicted molar refractivity (Wildman–Crippen MR) is 377 cm³/mol. The molecular formula is C78H146N4O4. The Labute approximate surface area is 535 Å². The van der Waals surface area contributed by atoms with Crippen molar-refractivity contribution in [2.75, 3.05) is 32.8 Å². The summed E-state index contributed by atoms with van der Waals surface area (Å²) in [6.45, 7) is 11.4. The lowest BCUT2D eigenvalue weighted by atomic mass is 10.1. The van der Waals surface area contributed by atoms with Crippen molar-refractivity contribution in [3.63, 3.8) is 0 Å². The first-order valence-electron chi connectivity index (χ1n) is 38.1. The minimum atomic E-state index is 0.0889. The molecule has 0 aromatic heterocycles.